The van der Waals surface area contributed by atoms with Gasteiger partial charge >= 0.3 is 0 Å². The largest absolute Gasteiger partial charge is 0.361 e. The SMILES string of the molecule is Cc1noc(C)c1-c1cc(-c2cccnc2-c2ccccc2)c2nc(NS(=O)(=O)C(C)C)[nH]c2c1. The van der Waals surface area contributed by atoms with Gasteiger partial charge in [-0.2, -0.15) is 0 Å². The molecular formula is C26H25N5O3S. The molecule has 0 unspecified atom stereocenters. The maximum absolute atomic E-state index is 12.5. The van der Waals surface area contributed by atoms with Crippen molar-refractivity contribution in [2.75, 3.05) is 4.72 Å². The molecule has 0 aliphatic heterocycles. The average Bonchev–Trinajstić information content (AvgIpc) is 3.40. The maximum atomic E-state index is 12.5. The Bertz CT molecular complexity index is 1620. The first-order chi connectivity index (χ1) is 16.7. The number of benzene rings is 2. The highest BCUT2D eigenvalue weighted by molar-refractivity contribution is 7.93. The quantitative estimate of drug-likeness (QED) is 0.317. The van der Waals surface area contributed by atoms with Crippen molar-refractivity contribution in [3.8, 4) is 33.5 Å². The summed E-state index contributed by atoms with van der Waals surface area (Å²) < 4.78 is 33.0. The molecule has 0 bridgehead atoms. The molecule has 0 atom stereocenters. The van der Waals surface area contributed by atoms with E-state index in [0.717, 1.165) is 39.2 Å². The van der Waals surface area contributed by atoms with Crippen molar-refractivity contribution in [2.24, 2.45) is 0 Å². The summed E-state index contributed by atoms with van der Waals surface area (Å²) in [4.78, 5) is 12.5. The summed E-state index contributed by atoms with van der Waals surface area (Å²) in [5.41, 5.74) is 7.31. The molecule has 3 aromatic heterocycles. The Balaban J connectivity index is 1.78. The van der Waals surface area contributed by atoms with E-state index in [4.69, 9.17) is 4.52 Å². The average molecular weight is 488 g/mol. The van der Waals surface area contributed by atoms with Crippen molar-refractivity contribution in [3.63, 3.8) is 0 Å². The van der Waals surface area contributed by atoms with Gasteiger partial charge in [0.05, 0.1) is 27.7 Å². The van der Waals surface area contributed by atoms with Crippen molar-refractivity contribution < 1.29 is 12.9 Å². The number of aromatic nitrogens is 4. The van der Waals surface area contributed by atoms with Crippen LogP contribution in [0.5, 0.6) is 0 Å². The molecule has 0 saturated heterocycles. The van der Waals surface area contributed by atoms with E-state index < -0.39 is 15.3 Å². The number of hydrogen-bond acceptors (Lipinski definition) is 6. The molecule has 35 heavy (non-hydrogen) atoms. The second-order valence-electron chi connectivity index (χ2n) is 8.67. The molecule has 8 nitrogen and oxygen atoms in total. The van der Waals surface area contributed by atoms with Crippen molar-refractivity contribution in [2.45, 2.75) is 32.9 Å². The summed E-state index contributed by atoms with van der Waals surface area (Å²) in [6.45, 7) is 7.00. The van der Waals surface area contributed by atoms with Crippen LogP contribution in [0.4, 0.5) is 5.95 Å². The lowest BCUT2D eigenvalue weighted by Gasteiger charge is -2.11. The van der Waals surface area contributed by atoms with Gasteiger partial charge < -0.3 is 9.51 Å². The molecule has 0 spiro atoms. The first-order valence-electron chi connectivity index (χ1n) is 11.2. The molecule has 5 aromatic rings. The summed E-state index contributed by atoms with van der Waals surface area (Å²) >= 11 is 0. The number of sulfonamides is 1. The lowest BCUT2D eigenvalue weighted by Crippen LogP contribution is -2.23. The van der Waals surface area contributed by atoms with E-state index in [-0.39, 0.29) is 5.95 Å². The summed E-state index contributed by atoms with van der Waals surface area (Å²) in [6, 6.07) is 17.8. The predicted octanol–water partition coefficient (Wildman–Crippen LogP) is 5.71. The Morgan fingerprint density at radius 1 is 0.971 bits per heavy atom. The number of pyridine rings is 1. The van der Waals surface area contributed by atoms with E-state index in [2.05, 4.69) is 24.8 Å². The number of hydrogen-bond donors (Lipinski definition) is 2. The van der Waals surface area contributed by atoms with Crippen molar-refractivity contribution in [1.82, 2.24) is 20.1 Å². The first-order valence-corrected chi connectivity index (χ1v) is 12.8. The number of rotatable bonds is 6. The van der Waals surface area contributed by atoms with Crippen LogP contribution >= 0.6 is 0 Å². The zero-order chi connectivity index (χ0) is 24.7. The number of nitrogens with zero attached hydrogens (tertiary/aromatic N) is 3. The molecule has 5 rings (SSSR count). The van der Waals surface area contributed by atoms with Crippen LogP contribution in [0.25, 0.3) is 44.5 Å². The summed E-state index contributed by atoms with van der Waals surface area (Å²) in [6.07, 6.45) is 1.76. The molecule has 2 N–H and O–H groups in total. The summed E-state index contributed by atoms with van der Waals surface area (Å²) in [7, 11) is -3.58. The Morgan fingerprint density at radius 2 is 1.74 bits per heavy atom. The van der Waals surface area contributed by atoms with Crippen molar-refractivity contribution in [1.29, 1.82) is 0 Å². The molecule has 0 saturated carbocycles. The van der Waals surface area contributed by atoms with E-state index in [1.165, 1.54) is 0 Å². The topological polar surface area (TPSA) is 114 Å². The monoisotopic (exact) mass is 487 g/mol. The maximum Gasteiger partial charge on any atom is 0.237 e. The predicted molar refractivity (Wildman–Crippen MR) is 137 cm³/mol. The Labute approximate surface area is 203 Å². The number of fused-ring (bicyclic) bond motifs is 1. The van der Waals surface area contributed by atoms with Gasteiger partial charge in [-0.1, -0.05) is 41.6 Å². The van der Waals surface area contributed by atoms with Gasteiger partial charge in [-0.25, -0.2) is 13.4 Å². The number of anilines is 1. The van der Waals surface area contributed by atoms with Gasteiger partial charge in [0.2, 0.25) is 16.0 Å². The second kappa shape index (κ2) is 8.66. The van der Waals surface area contributed by atoms with Crippen LogP contribution in [-0.2, 0) is 10.0 Å². The van der Waals surface area contributed by atoms with Gasteiger partial charge in [-0.05, 0) is 51.5 Å². The van der Waals surface area contributed by atoms with Gasteiger partial charge in [0.1, 0.15) is 5.76 Å². The van der Waals surface area contributed by atoms with Crippen LogP contribution in [0, 0.1) is 13.8 Å². The van der Waals surface area contributed by atoms with Gasteiger partial charge in [0, 0.05) is 28.5 Å². The smallest absolute Gasteiger partial charge is 0.237 e. The van der Waals surface area contributed by atoms with Crippen LogP contribution < -0.4 is 4.72 Å². The highest BCUT2D eigenvalue weighted by atomic mass is 32.2. The summed E-state index contributed by atoms with van der Waals surface area (Å²) in [5.74, 6) is 0.860. The van der Waals surface area contributed by atoms with Crippen LogP contribution in [0.15, 0.2) is 65.3 Å². The second-order valence-corrected chi connectivity index (χ2v) is 10.9. The van der Waals surface area contributed by atoms with E-state index in [0.29, 0.717) is 16.8 Å². The molecule has 0 amide bonds. The number of H-pyrrole nitrogens is 1. The lowest BCUT2D eigenvalue weighted by molar-refractivity contribution is 0.393. The van der Waals surface area contributed by atoms with E-state index >= 15 is 0 Å². The van der Waals surface area contributed by atoms with E-state index in [1.807, 2.05) is 68.4 Å². The van der Waals surface area contributed by atoms with Crippen molar-refractivity contribution >= 4 is 27.0 Å². The molecule has 178 valence electrons. The first kappa shape index (κ1) is 22.8. The molecular weight excluding hydrogens is 462 g/mol. The third-order valence-electron chi connectivity index (χ3n) is 5.91. The number of nitrogens with one attached hydrogen (secondary N) is 2. The molecule has 0 aliphatic rings. The van der Waals surface area contributed by atoms with Gasteiger partial charge in [0.15, 0.2) is 0 Å². The fourth-order valence-corrected chi connectivity index (χ4v) is 4.71. The normalized spacial score (nSPS) is 11.9. The van der Waals surface area contributed by atoms with Gasteiger partial charge in [-0.3, -0.25) is 9.71 Å². The number of aromatic amines is 1. The number of aryl methyl sites for hydroxylation is 2. The third-order valence-corrected chi connectivity index (χ3v) is 7.63. The van der Waals surface area contributed by atoms with Gasteiger partial charge in [-0.15, -0.1) is 0 Å². The molecule has 9 heteroatoms. The van der Waals surface area contributed by atoms with E-state index in [9.17, 15) is 8.42 Å². The number of imidazole rings is 1. The molecule has 0 aliphatic carbocycles. The minimum Gasteiger partial charge on any atom is -0.361 e. The third kappa shape index (κ3) is 4.19. The minimum absolute atomic E-state index is 0.163. The zero-order valence-corrected chi connectivity index (χ0v) is 20.6. The fourth-order valence-electron chi connectivity index (χ4n) is 4.11. The zero-order valence-electron chi connectivity index (χ0n) is 19.8. The van der Waals surface area contributed by atoms with Crippen LogP contribution in [-0.4, -0.2) is 33.8 Å². The van der Waals surface area contributed by atoms with E-state index in [1.54, 1.807) is 20.0 Å². The highest BCUT2D eigenvalue weighted by Crippen LogP contribution is 2.39. The lowest BCUT2D eigenvalue weighted by atomic mass is 9.94. The van der Waals surface area contributed by atoms with Crippen LogP contribution in [0.1, 0.15) is 25.3 Å². The Morgan fingerprint density at radius 3 is 2.43 bits per heavy atom. The molecule has 0 fully saturated rings. The highest BCUT2D eigenvalue weighted by Gasteiger charge is 2.22. The standard InChI is InChI=1S/C26H25N5O3S/c1-15(2)35(32,33)31-26-28-22-14-19(23-16(3)30-34-17(23)4)13-21(25(22)29-26)20-11-8-12-27-24(20)18-9-6-5-7-10-18/h5-15H,1-4H3,(H2,28,29,31). The van der Waals surface area contributed by atoms with Crippen molar-refractivity contribution in [3.05, 3.63) is 72.2 Å². The summed E-state index contributed by atoms with van der Waals surface area (Å²) in [5, 5.41) is 3.51. The molecule has 0 radical (unpaired) electrons. The Hall–Kier alpha value is -3.98. The Kier molecular flexibility index (Phi) is 5.64. The molecule has 3 heterocycles. The van der Waals surface area contributed by atoms with Crippen LogP contribution in [0.3, 0.4) is 0 Å². The molecule has 2 aromatic carbocycles. The fraction of sp³-hybridized carbons (Fsp3) is 0.192. The van der Waals surface area contributed by atoms with Crippen LogP contribution in [0.2, 0.25) is 0 Å². The minimum atomic E-state index is -3.58. The van der Waals surface area contributed by atoms with Gasteiger partial charge in [0.25, 0.3) is 0 Å².